The number of ether oxygens (including phenoxy) is 2. The molecule has 25 heavy (non-hydrogen) atoms. The smallest absolute Gasteiger partial charge is 0.339 e. The molecule has 0 saturated carbocycles. The van der Waals surface area contributed by atoms with Crippen LogP contribution in [-0.2, 0) is 9.53 Å². The molecule has 1 fully saturated rings. The number of hydrogen-bond donors (Lipinski definition) is 1. The molecule has 0 bridgehead atoms. The van der Waals surface area contributed by atoms with Crippen LogP contribution >= 0.6 is 0 Å². The Balaban J connectivity index is 1.75. The van der Waals surface area contributed by atoms with E-state index in [2.05, 4.69) is 5.32 Å². The molecule has 2 heterocycles. The van der Waals surface area contributed by atoms with Gasteiger partial charge in [0.1, 0.15) is 11.3 Å². The van der Waals surface area contributed by atoms with Gasteiger partial charge in [0.25, 0.3) is 5.91 Å². The van der Waals surface area contributed by atoms with Crippen LogP contribution < -0.4 is 15.7 Å². The van der Waals surface area contributed by atoms with E-state index in [1.807, 2.05) is 19.9 Å². The van der Waals surface area contributed by atoms with Gasteiger partial charge in [-0.25, -0.2) is 4.79 Å². The summed E-state index contributed by atoms with van der Waals surface area (Å²) in [6, 6.07) is 3.65. The highest BCUT2D eigenvalue weighted by Crippen LogP contribution is 2.30. The van der Waals surface area contributed by atoms with E-state index in [0.717, 1.165) is 36.0 Å². The molecule has 1 saturated heterocycles. The predicted octanol–water partition coefficient (Wildman–Crippen LogP) is 2.39. The second kappa shape index (κ2) is 7.27. The summed E-state index contributed by atoms with van der Waals surface area (Å²) in [5.74, 6) is 0.350. The molecule has 1 aliphatic heterocycles. The van der Waals surface area contributed by atoms with Crippen molar-refractivity contribution < 1.29 is 18.7 Å². The van der Waals surface area contributed by atoms with Gasteiger partial charge in [0.05, 0.1) is 11.5 Å². The van der Waals surface area contributed by atoms with Crippen molar-refractivity contribution in [2.75, 3.05) is 19.8 Å². The maximum atomic E-state index is 12.0. The Morgan fingerprint density at radius 2 is 2.08 bits per heavy atom. The minimum atomic E-state index is -0.351. The van der Waals surface area contributed by atoms with Crippen molar-refractivity contribution in [3.05, 3.63) is 39.2 Å². The van der Waals surface area contributed by atoms with E-state index >= 15 is 0 Å². The quantitative estimate of drug-likeness (QED) is 0.842. The number of benzene rings is 1. The minimum Gasteiger partial charge on any atom is -0.483 e. The Kier molecular flexibility index (Phi) is 5.08. The molecule has 0 radical (unpaired) electrons. The van der Waals surface area contributed by atoms with Gasteiger partial charge in [-0.15, -0.1) is 0 Å². The van der Waals surface area contributed by atoms with E-state index in [1.54, 1.807) is 13.0 Å². The second-order valence-corrected chi connectivity index (χ2v) is 6.50. The normalized spacial score (nSPS) is 17.0. The number of aryl methyl sites for hydroxylation is 2. The average molecular weight is 345 g/mol. The van der Waals surface area contributed by atoms with Gasteiger partial charge in [-0.3, -0.25) is 4.79 Å². The topological polar surface area (TPSA) is 77.8 Å². The zero-order chi connectivity index (χ0) is 18.0. The molecule has 6 nitrogen and oxygen atoms in total. The Bertz CT molecular complexity index is 849. The molecule has 134 valence electrons. The number of amides is 1. The number of carbonyl (C=O) groups excluding carboxylic acids is 1. The molecule has 3 rings (SSSR count). The maximum absolute atomic E-state index is 12.0. The first-order valence-corrected chi connectivity index (χ1v) is 8.51. The SMILES string of the molecule is Cc1cc(OCC(=O)NCC2CCCO2)c2c(C)c(C)c(=O)oc2c1. The molecule has 2 aromatic rings. The summed E-state index contributed by atoms with van der Waals surface area (Å²) in [7, 11) is 0. The van der Waals surface area contributed by atoms with Crippen LogP contribution in [0.25, 0.3) is 11.0 Å². The zero-order valence-corrected chi connectivity index (χ0v) is 14.8. The molecule has 1 amide bonds. The first kappa shape index (κ1) is 17.5. The van der Waals surface area contributed by atoms with Crippen LogP contribution in [0, 0.1) is 20.8 Å². The van der Waals surface area contributed by atoms with Crippen LogP contribution in [0.5, 0.6) is 5.75 Å². The molecule has 1 N–H and O–H groups in total. The Hall–Kier alpha value is -2.34. The fourth-order valence-corrected chi connectivity index (χ4v) is 3.03. The molecule has 1 aromatic heterocycles. The van der Waals surface area contributed by atoms with Gasteiger partial charge in [-0.05, 0) is 56.9 Å². The molecular formula is C19H23NO5. The molecule has 6 heteroatoms. The Morgan fingerprint density at radius 3 is 2.80 bits per heavy atom. The third kappa shape index (κ3) is 3.85. The molecule has 1 atom stereocenters. The average Bonchev–Trinajstić information content (AvgIpc) is 3.09. The standard InChI is InChI=1S/C19H23NO5/c1-11-7-15(18-12(2)13(3)19(22)25-16(18)8-11)24-10-17(21)20-9-14-5-4-6-23-14/h7-8,14H,4-6,9-10H2,1-3H3,(H,20,21). The third-order valence-corrected chi connectivity index (χ3v) is 4.57. The highest BCUT2D eigenvalue weighted by molar-refractivity contribution is 5.88. The third-order valence-electron chi connectivity index (χ3n) is 4.57. The summed E-state index contributed by atoms with van der Waals surface area (Å²) in [6.07, 6.45) is 2.11. The summed E-state index contributed by atoms with van der Waals surface area (Å²) in [5, 5.41) is 3.56. The van der Waals surface area contributed by atoms with Crippen molar-refractivity contribution in [1.29, 1.82) is 0 Å². The summed E-state index contributed by atoms with van der Waals surface area (Å²) in [5.41, 5.74) is 2.37. The van der Waals surface area contributed by atoms with E-state index in [1.165, 1.54) is 0 Å². The molecule has 1 aromatic carbocycles. The number of carbonyl (C=O) groups is 1. The van der Waals surface area contributed by atoms with Crippen LogP contribution in [0.1, 0.15) is 29.5 Å². The van der Waals surface area contributed by atoms with E-state index in [-0.39, 0.29) is 24.2 Å². The summed E-state index contributed by atoms with van der Waals surface area (Å²) >= 11 is 0. The fourth-order valence-electron chi connectivity index (χ4n) is 3.03. The molecular weight excluding hydrogens is 322 g/mol. The lowest BCUT2D eigenvalue weighted by molar-refractivity contribution is -0.123. The Labute approximate surface area is 146 Å². The second-order valence-electron chi connectivity index (χ2n) is 6.50. The number of nitrogens with one attached hydrogen (secondary N) is 1. The molecule has 0 aliphatic carbocycles. The van der Waals surface area contributed by atoms with Crippen molar-refractivity contribution in [3.8, 4) is 5.75 Å². The van der Waals surface area contributed by atoms with Crippen LogP contribution in [-0.4, -0.2) is 31.8 Å². The number of rotatable bonds is 5. The molecule has 1 aliphatic rings. The number of fused-ring (bicyclic) bond motifs is 1. The van der Waals surface area contributed by atoms with Gasteiger partial charge in [-0.2, -0.15) is 0 Å². The van der Waals surface area contributed by atoms with Crippen LogP contribution in [0.3, 0.4) is 0 Å². The maximum Gasteiger partial charge on any atom is 0.339 e. The highest BCUT2D eigenvalue weighted by Gasteiger charge is 2.17. The van der Waals surface area contributed by atoms with Gasteiger partial charge in [0.15, 0.2) is 6.61 Å². The molecule has 1 unspecified atom stereocenters. The first-order valence-electron chi connectivity index (χ1n) is 8.51. The van der Waals surface area contributed by atoms with Gasteiger partial charge < -0.3 is 19.2 Å². The van der Waals surface area contributed by atoms with Crippen molar-refractivity contribution in [3.63, 3.8) is 0 Å². The van der Waals surface area contributed by atoms with Crippen molar-refractivity contribution in [2.24, 2.45) is 0 Å². The fraction of sp³-hybridized carbons (Fsp3) is 0.474. The van der Waals surface area contributed by atoms with E-state index in [0.29, 0.717) is 23.4 Å². The lowest BCUT2D eigenvalue weighted by Gasteiger charge is -2.14. The predicted molar refractivity (Wildman–Crippen MR) is 94.2 cm³/mol. The Morgan fingerprint density at radius 1 is 1.28 bits per heavy atom. The first-order chi connectivity index (χ1) is 12.0. The van der Waals surface area contributed by atoms with Crippen LogP contribution in [0.15, 0.2) is 21.3 Å². The van der Waals surface area contributed by atoms with Gasteiger partial charge in [0.2, 0.25) is 0 Å². The van der Waals surface area contributed by atoms with E-state index in [4.69, 9.17) is 13.9 Å². The van der Waals surface area contributed by atoms with Crippen molar-refractivity contribution >= 4 is 16.9 Å². The monoisotopic (exact) mass is 345 g/mol. The lowest BCUT2D eigenvalue weighted by atomic mass is 10.0. The van der Waals surface area contributed by atoms with Gasteiger partial charge in [0, 0.05) is 18.7 Å². The van der Waals surface area contributed by atoms with Gasteiger partial charge >= 0.3 is 5.63 Å². The zero-order valence-electron chi connectivity index (χ0n) is 14.8. The summed E-state index contributed by atoms with van der Waals surface area (Å²) < 4.78 is 16.6. The minimum absolute atomic E-state index is 0.0944. The van der Waals surface area contributed by atoms with Crippen molar-refractivity contribution in [2.45, 2.75) is 39.7 Å². The van der Waals surface area contributed by atoms with E-state index in [9.17, 15) is 9.59 Å². The van der Waals surface area contributed by atoms with Crippen LogP contribution in [0.2, 0.25) is 0 Å². The largest absolute Gasteiger partial charge is 0.483 e. The molecule has 0 spiro atoms. The lowest BCUT2D eigenvalue weighted by Crippen LogP contribution is -2.35. The summed E-state index contributed by atoms with van der Waals surface area (Å²) in [6.45, 7) is 6.63. The van der Waals surface area contributed by atoms with Crippen LogP contribution in [0.4, 0.5) is 0 Å². The highest BCUT2D eigenvalue weighted by atomic mass is 16.5. The van der Waals surface area contributed by atoms with Gasteiger partial charge in [-0.1, -0.05) is 0 Å². The summed E-state index contributed by atoms with van der Waals surface area (Å²) in [4.78, 5) is 23.9. The number of hydrogen-bond acceptors (Lipinski definition) is 5. The van der Waals surface area contributed by atoms with E-state index < -0.39 is 0 Å². The van der Waals surface area contributed by atoms with Crippen molar-refractivity contribution in [1.82, 2.24) is 5.32 Å².